The van der Waals surface area contributed by atoms with Gasteiger partial charge in [0.05, 0.1) is 0 Å². The zero-order chi connectivity index (χ0) is 12.3. The van der Waals surface area contributed by atoms with E-state index in [1.54, 1.807) is 0 Å². The summed E-state index contributed by atoms with van der Waals surface area (Å²) >= 11 is 0. The molecule has 1 unspecified atom stereocenters. The number of unbranched alkanes of at least 4 members (excludes halogenated alkanes) is 1. The number of alkyl halides is 3. The summed E-state index contributed by atoms with van der Waals surface area (Å²) in [6, 6.07) is -0.0227. The minimum Gasteiger partial charge on any atom is -0.270 e. The number of hydrazone groups is 1. The average molecular weight is 237 g/mol. The molecule has 0 aromatic rings. The fourth-order valence-corrected chi connectivity index (χ4v) is 1.77. The number of nitrogens with zero attached hydrogens (tertiary/aromatic N) is 3. The minimum absolute atomic E-state index is 0.0227. The molecule has 0 amide bonds. The van der Waals surface area contributed by atoms with Gasteiger partial charge in [0.1, 0.15) is 12.5 Å². The van der Waals surface area contributed by atoms with Gasteiger partial charge in [0.25, 0.3) is 0 Å². The molecule has 1 atom stereocenters. The highest BCUT2D eigenvalue weighted by molar-refractivity contribution is 5.57. The maximum atomic E-state index is 12.7. The SMILES string of the molecule is CCCCC1N(C(C)C)N=CN1C(F)(F)F. The zero-order valence-corrected chi connectivity index (χ0v) is 9.83. The van der Waals surface area contributed by atoms with Gasteiger partial charge in [0.15, 0.2) is 0 Å². The van der Waals surface area contributed by atoms with Crippen molar-refractivity contribution in [1.29, 1.82) is 0 Å². The van der Waals surface area contributed by atoms with Gasteiger partial charge in [-0.1, -0.05) is 13.3 Å². The predicted octanol–water partition coefficient (Wildman–Crippen LogP) is 2.99. The smallest absolute Gasteiger partial charge is 0.270 e. The molecular weight excluding hydrogens is 219 g/mol. The number of rotatable bonds is 4. The van der Waals surface area contributed by atoms with E-state index in [9.17, 15) is 13.2 Å². The summed E-state index contributed by atoms with van der Waals surface area (Å²) in [6.45, 7) is 5.65. The van der Waals surface area contributed by atoms with Gasteiger partial charge in [-0.25, -0.2) is 0 Å². The summed E-state index contributed by atoms with van der Waals surface area (Å²) in [7, 11) is 0. The molecule has 0 saturated carbocycles. The Morgan fingerprint density at radius 1 is 1.38 bits per heavy atom. The van der Waals surface area contributed by atoms with Crippen LogP contribution >= 0.6 is 0 Å². The van der Waals surface area contributed by atoms with Crippen LogP contribution in [0.1, 0.15) is 40.0 Å². The summed E-state index contributed by atoms with van der Waals surface area (Å²) in [5.41, 5.74) is 0. The summed E-state index contributed by atoms with van der Waals surface area (Å²) < 4.78 is 38.0. The number of hydrogen-bond acceptors (Lipinski definition) is 3. The first-order valence-corrected chi connectivity index (χ1v) is 5.55. The third-order valence-corrected chi connectivity index (χ3v) is 2.57. The lowest BCUT2D eigenvalue weighted by Crippen LogP contribution is -2.48. The lowest BCUT2D eigenvalue weighted by Gasteiger charge is -2.33. The van der Waals surface area contributed by atoms with Crippen molar-refractivity contribution >= 4 is 6.34 Å². The normalized spacial score (nSPS) is 21.3. The van der Waals surface area contributed by atoms with Crippen LogP contribution in [0.5, 0.6) is 0 Å². The van der Waals surface area contributed by atoms with E-state index in [0.717, 1.165) is 19.2 Å². The topological polar surface area (TPSA) is 18.8 Å². The van der Waals surface area contributed by atoms with E-state index < -0.39 is 12.5 Å². The van der Waals surface area contributed by atoms with Crippen molar-refractivity contribution in [3.8, 4) is 0 Å². The van der Waals surface area contributed by atoms with Gasteiger partial charge in [-0.05, 0) is 26.7 Å². The minimum atomic E-state index is -4.34. The van der Waals surface area contributed by atoms with Gasteiger partial charge in [-0.15, -0.1) is 13.2 Å². The fourth-order valence-electron chi connectivity index (χ4n) is 1.77. The standard InChI is InChI=1S/C10H18F3N3/c1-4-5-6-9-15(10(11,12)13)7-14-16(9)8(2)3/h7-9H,4-6H2,1-3H3. The molecule has 0 radical (unpaired) electrons. The molecule has 6 heteroatoms. The van der Waals surface area contributed by atoms with Gasteiger partial charge in [-0.3, -0.25) is 9.91 Å². The fraction of sp³-hybridized carbons (Fsp3) is 0.900. The van der Waals surface area contributed by atoms with E-state index >= 15 is 0 Å². The quantitative estimate of drug-likeness (QED) is 0.700. The summed E-state index contributed by atoms with van der Waals surface area (Å²) in [6.07, 6.45) is -2.00. The molecule has 94 valence electrons. The molecule has 0 spiro atoms. The highest BCUT2D eigenvalue weighted by Gasteiger charge is 2.45. The molecule has 0 aromatic heterocycles. The van der Waals surface area contributed by atoms with Crippen LogP contribution in [0, 0.1) is 0 Å². The van der Waals surface area contributed by atoms with Crippen LogP contribution in [0.25, 0.3) is 0 Å². The summed E-state index contributed by atoms with van der Waals surface area (Å²) in [4.78, 5) is 0.392. The largest absolute Gasteiger partial charge is 0.487 e. The molecule has 1 rings (SSSR count). The van der Waals surface area contributed by atoms with E-state index in [1.165, 1.54) is 5.01 Å². The van der Waals surface area contributed by atoms with Crippen LogP contribution in [0.3, 0.4) is 0 Å². The molecule has 0 N–H and O–H groups in total. The molecule has 0 bridgehead atoms. The molecule has 0 fully saturated rings. The Bertz CT molecular complexity index is 250. The number of hydrogen-bond donors (Lipinski definition) is 0. The van der Waals surface area contributed by atoms with Crippen LogP contribution in [-0.4, -0.2) is 34.8 Å². The van der Waals surface area contributed by atoms with Crippen LogP contribution in [0.2, 0.25) is 0 Å². The third-order valence-electron chi connectivity index (χ3n) is 2.57. The first-order chi connectivity index (χ1) is 7.38. The monoisotopic (exact) mass is 237 g/mol. The molecule has 16 heavy (non-hydrogen) atoms. The second-order valence-corrected chi connectivity index (χ2v) is 4.20. The lowest BCUT2D eigenvalue weighted by atomic mass is 10.2. The lowest BCUT2D eigenvalue weighted by molar-refractivity contribution is -0.237. The molecule has 1 heterocycles. The second-order valence-electron chi connectivity index (χ2n) is 4.20. The maximum Gasteiger partial charge on any atom is 0.487 e. The first kappa shape index (κ1) is 13.1. The third kappa shape index (κ3) is 2.80. The summed E-state index contributed by atoms with van der Waals surface area (Å²) in [5.74, 6) is 0. The van der Waals surface area contributed by atoms with E-state index in [-0.39, 0.29) is 6.04 Å². The highest BCUT2D eigenvalue weighted by atomic mass is 19.4. The molecular formula is C10H18F3N3. The average Bonchev–Trinajstić information content (AvgIpc) is 2.57. The molecule has 0 saturated heterocycles. The Labute approximate surface area is 93.9 Å². The Balaban J connectivity index is 2.75. The molecule has 0 aromatic carbocycles. The number of halogens is 3. The zero-order valence-electron chi connectivity index (χ0n) is 9.83. The van der Waals surface area contributed by atoms with Gasteiger partial charge >= 0.3 is 6.30 Å². The van der Waals surface area contributed by atoms with Crippen molar-refractivity contribution in [3.63, 3.8) is 0 Å². The predicted molar refractivity (Wildman–Crippen MR) is 56.7 cm³/mol. The van der Waals surface area contributed by atoms with E-state index in [0.29, 0.717) is 11.3 Å². The van der Waals surface area contributed by atoms with Gasteiger partial charge in [0.2, 0.25) is 0 Å². The van der Waals surface area contributed by atoms with E-state index in [1.807, 2.05) is 20.8 Å². The Morgan fingerprint density at radius 2 is 2.00 bits per heavy atom. The van der Waals surface area contributed by atoms with Crippen molar-refractivity contribution in [3.05, 3.63) is 0 Å². The Morgan fingerprint density at radius 3 is 2.44 bits per heavy atom. The van der Waals surface area contributed by atoms with Crippen molar-refractivity contribution < 1.29 is 13.2 Å². The van der Waals surface area contributed by atoms with E-state index in [2.05, 4.69) is 5.10 Å². The van der Waals surface area contributed by atoms with Crippen LogP contribution in [0.4, 0.5) is 13.2 Å². The second kappa shape index (κ2) is 4.93. The molecule has 3 nitrogen and oxygen atoms in total. The molecule has 1 aliphatic rings. The van der Waals surface area contributed by atoms with E-state index in [4.69, 9.17) is 0 Å². The van der Waals surface area contributed by atoms with Crippen LogP contribution in [0.15, 0.2) is 5.10 Å². The van der Waals surface area contributed by atoms with Crippen molar-refractivity contribution in [2.45, 2.75) is 58.5 Å². The maximum absolute atomic E-state index is 12.7. The van der Waals surface area contributed by atoms with Gasteiger partial charge < -0.3 is 0 Å². The van der Waals surface area contributed by atoms with Crippen LogP contribution < -0.4 is 0 Å². The van der Waals surface area contributed by atoms with Gasteiger partial charge in [0, 0.05) is 6.04 Å². The molecule has 1 aliphatic heterocycles. The highest BCUT2D eigenvalue weighted by Crippen LogP contribution is 2.30. The van der Waals surface area contributed by atoms with Crippen molar-refractivity contribution in [1.82, 2.24) is 9.91 Å². The Hall–Kier alpha value is -0.940. The van der Waals surface area contributed by atoms with Crippen LogP contribution in [-0.2, 0) is 0 Å². The van der Waals surface area contributed by atoms with Gasteiger partial charge in [-0.2, -0.15) is 5.10 Å². The summed E-state index contributed by atoms with van der Waals surface area (Å²) in [5, 5.41) is 5.35. The first-order valence-electron chi connectivity index (χ1n) is 5.55. The van der Waals surface area contributed by atoms with Crippen molar-refractivity contribution in [2.24, 2.45) is 5.10 Å². The molecule has 0 aliphatic carbocycles. The van der Waals surface area contributed by atoms with Crippen molar-refractivity contribution in [2.75, 3.05) is 0 Å². The Kier molecular flexibility index (Phi) is 4.04.